The zero-order chi connectivity index (χ0) is 12.7. The van der Waals surface area contributed by atoms with Crippen molar-refractivity contribution < 1.29 is 8.95 Å². The van der Waals surface area contributed by atoms with Crippen molar-refractivity contribution >= 4 is 10.8 Å². The lowest BCUT2D eigenvalue weighted by Gasteiger charge is -2.12. The highest BCUT2D eigenvalue weighted by Crippen LogP contribution is 2.17. The van der Waals surface area contributed by atoms with Gasteiger partial charge in [0.1, 0.15) is 5.75 Å². The summed E-state index contributed by atoms with van der Waals surface area (Å²) in [5.41, 5.74) is 6.60. The third kappa shape index (κ3) is 4.48. The minimum Gasteiger partial charge on any atom is -0.492 e. The van der Waals surface area contributed by atoms with Crippen LogP contribution < -0.4 is 10.5 Å². The number of para-hydroxylation sites is 1. The lowest BCUT2D eigenvalue weighted by molar-refractivity contribution is 0.338. The molecule has 0 aliphatic heterocycles. The summed E-state index contributed by atoms with van der Waals surface area (Å²) in [7, 11) is -0.803. The van der Waals surface area contributed by atoms with Crippen molar-refractivity contribution in [2.45, 2.75) is 32.1 Å². The van der Waals surface area contributed by atoms with E-state index in [0.29, 0.717) is 18.9 Å². The molecule has 0 heterocycles. The molecule has 0 saturated carbocycles. The van der Waals surface area contributed by atoms with Gasteiger partial charge in [-0.05, 0) is 12.5 Å². The summed E-state index contributed by atoms with van der Waals surface area (Å²) in [5.74, 6) is 1.38. The number of ether oxygens (including phenoxy) is 1. The Balaban J connectivity index is 2.43. The highest BCUT2D eigenvalue weighted by molar-refractivity contribution is 7.85. The third-order valence-corrected chi connectivity index (χ3v) is 4.56. The summed E-state index contributed by atoms with van der Waals surface area (Å²) >= 11 is 0. The zero-order valence-corrected chi connectivity index (χ0v) is 11.3. The smallest absolute Gasteiger partial charge is 0.123 e. The predicted octanol–water partition coefficient (Wildman–Crippen LogP) is 2.07. The molecular weight excluding hydrogens is 234 g/mol. The molecule has 2 unspecified atom stereocenters. The molecule has 0 saturated heterocycles. The monoisotopic (exact) mass is 255 g/mol. The van der Waals surface area contributed by atoms with Crippen molar-refractivity contribution in [2.24, 2.45) is 5.73 Å². The van der Waals surface area contributed by atoms with Crippen LogP contribution in [0.3, 0.4) is 0 Å². The van der Waals surface area contributed by atoms with E-state index in [9.17, 15) is 4.21 Å². The number of benzene rings is 1. The molecule has 0 aliphatic rings. The Morgan fingerprint density at radius 2 is 2.12 bits per heavy atom. The molecule has 0 bridgehead atoms. The highest BCUT2D eigenvalue weighted by Gasteiger charge is 2.09. The fourth-order valence-electron chi connectivity index (χ4n) is 1.43. The van der Waals surface area contributed by atoms with Gasteiger partial charge in [0.15, 0.2) is 0 Å². The maximum absolute atomic E-state index is 11.7. The first-order chi connectivity index (χ1) is 8.19. The topological polar surface area (TPSA) is 52.3 Å². The molecule has 3 nitrogen and oxygen atoms in total. The van der Waals surface area contributed by atoms with Crippen LogP contribution in [0.25, 0.3) is 0 Å². The number of nitrogens with two attached hydrogens (primary N) is 1. The number of hydrogen-bond donors (Lipinski definition) is 1. The van der Waals surface area contributed by atoms with Crippen molar-refractivity contribution in [1.29, 1.82) is 0 Å². The second-order valence-electron chi connectivity index (χ2n) is 3.96. The number of rotatable bonds is 7. The van der Waals surface area contributed by atoms with Gasteiger partial charge >= 0.3 is 0 Å². The minimum absolute atomic E-state index is 0.239. The average molecular weight is 255 g/mol. The molecule has 17 heavy (non-hydrogen) atoms. The van der Waals surface area contributed by atoms with Crippen molar-refractivity contribution in [3.8, 4) is 5.75 Å². The van der Waals surface area contributed by atoms with Gasteiger partial charge in [0, 0.05) is 28.2 Å². The van der Waals surface area contributed by atoms with E-state index < -0.39 is 10.8 Å². The normalized spacial score (nSPS) is 14.3. The fraction of sp³-hybridized carbons (Fsp3) is 0.538. The summed E-state index contributed by atoms with van der Waals surface area (Å²) < 4.78 is 17.3. The van der Waals surface area contributed by atoms with Crippen molar-refractivity contribution in [3.05, 3.63) is 29.8 Å². The first-order valence-corrected chi connectivity index (χ1v) is 7.35. The van der Waals surface area contributed by atoms with E-state index in [1.807, 2.05) is 38.1 Å². The summed E-state index contributed by atoms with van der Waals surface area (Å²) in [6.07, 6.45) is 0.937. The predicted molar refractivity (Wildman–Crippen MR) is 72.6 cm³/mol. The fourth-order valence-corrected chi connectivity index (χ4v) is 2.46. The summed E-state index contributed by atoms with van der Waals surface area (Å²) in [4.78, 5) is 0. The van der Waals surface area contributed by atoms with Crippen LogP contribution in [0.5, 0.6) is 5.75 Å². The van der Waals surface area contributed by atoms with Crippen molar-refractivity contribution in [3.63, 3.8) is 0 Å². The van der Waals surface area contributed by atoms with Crippen LogP contribution in [0.15, 0.2) is 24.3 Å². The molecule has 0 aromatic heterocycles. The van der Waals surface area contributed by atoms with E-state index in [-0.39, 0.29) is 5.25 Å². The zero-order valence-electron chi connectivity index (χ0n) is 10.5. The van der Waals surface area contributed by atoms with Gasteiger partial charge in [0.05, 0.1) is 12.4 Å². The molecule has 1 aromatic rings. The maximum atomic E-state index is 11.7. The second kappa shape index (κ2) is 7.45. The molecule has 0 radical (unpaired) electrons. The Morgan fingerprint density at radius 1 is 1.41 bits per heavy atom. The van der Waals surface area contributed by atoms with Crippen LogP contribution in [0.4, 0.5) is 0 Å². The van der Waals surface area contributed by atoms with Gasteiger partial charge in [-0.3, -0.25) is 4.21 Å². The molecule has 96 valence electrons. The largest absolute Gasteiger partial charge is 0.492 e. The van der Waals surface area contributed by atoms with Crippen LogP contribution in [0.2, 0.25) is 0 Å². The van der Waals surface area contributed by atoms with E-state index >= 15 is 0 Å². The molecule has 0 amide bonds. The SMILES string of the molecule is CCC(C)S(=O)CCOc1ccccc1CN. The van der Waals surface area contributed by atoms with Gasteiger partial charge in [0.25, 0.3) is 0 Å². The average Bonchev–Trinajstić information content (AvgIpc) is 2.38. The quantitative estimate of drug-likeness (QED) is 0.811. The van der Waals surface area contributed by atoms with Crippen molar-refractivity contribution in [1.82, 2.24) is 0 Å². The first kappa shape index (κ1) is 14.2. The third-order valence-electron chi connectivity index (χ3n) is 2.76. The summed E-state index contributed by atoms with van der Waals surface area (Å²) in [6, 6.07) is 7.70. The maximum Gasteiger partial charge on any atom is 0.123 e. The van der Waals surface area contributed by atoms with E-state index in [0.717, 1.165) is 17.7 Å². The van der Waals surface area contributed by atoms with Gasteiger partial charge in [-0.1, -0.05) is 32.0 Å². The molecule has 0 spiro atoms. The summed E-state index contributed by atoms with van der Waals surface area (Å²) in [6.45, 7) is 5.00. The number of hydrogen-bond acceptors (Lipinski definition) is 3. The summed E-state index contributed by atoms with van der Waals surface area (Å²) in [5, 5.41) is 0.239. The first-order valence-electron chi connectivity index (χ1n) is 5.97. The van der Waals surface area contributed by atoms with Crippen LogP contribution >= 0.6 is 0 Å². The molecule has 2 atom stereocenters. The second-order valence-corrected chi connectivity index (χ2v) is 5.94. The van der Waals surface area contributed by atoms with E-state index in [2.05, 4.69) is 0 Å². The van der Waals surface area contributed by atoms with Gasteiger partial charge < -0.3 is 10.5 Å². The standard InChI is InChI=1S/C13H21NO2S/c1-3-11(2)17(15)9-8-16-13-7-5-4-6-12(13)10-14/h4-7,11H,3,8-10,14H2,1-2H3. The van der Waals surface area contributed by atoms with E-state index in [1.165, 1.54) is 0 Å². The van der Waals surface area contributed by atoms with Crippen molar-refractivity contribution in [2.75, 3.05) is 12.4 Å². The van der Waals surface area contributed by atoms with Crippen LogP contribution in [0.1, 0.15) is 25.8 Å². The minimum atomic E-state index is -0.803. The molecule has 0 aliphatic carbocycles. The van der Waals surface area contributed by atoms with Crippen LogP contribution in [-0.2, 0) is 17.3 Å². The van der Waals surface area contributed by atoms with Crippen LogP contribution in [-0.4, -0.2) is 21.8 Å². The molecule has 2 N–H and O–H groups in total. The Kier molecular flexibility index (Phi) is 6.22. The molecular formula is C13H21NO2S. The van der Waals surface area contributed by atoms with Crippen LogP contribution in [0, 0.1) is 0 Å². The molecule has 1 rings (SSSR count). The lowest BCUT2D eigenvalue weighted by Crippen LogP contribution is -2.18. The highest BCUT2D eigenvalue weighted by atomic mass is 32.2. The Labute approximate surface area is 106 Å². The molecule has 0 fully saturated rings. The Bertz CT molecular complexity index is 368. The van der Waals surface area contributed by atoms with Gasteiger partial charge in [-0.15, -0.1) is 0 Å². The van der Waals surface area contributed by atoms with E-state index in [4.69, 9.17) is 10.5 Å². The lowest BCUT2D eigenvalue weighted by atomic mass is 10.2. The van der Waals surface area contributed by atoms with E-state index in [1.54, 1.807) is 0 Å². The molecule has 4 heteroatoms. The van der Waals surface area contributed by atoms with Gasteiger partial charge in [-0.2, -0.15) is 0 Å². The molecule has 1 aromatic carbocycles. The van der Waals surface area contributed by atoms with Gasteiger partial charge in [-0.25, -0.2) is 0 Å². The van der Waals surface area contributed by atoms with Gasteiger partial charge in [0.2, 0.25) is 0 Å². The Morgan fingerprint density at radius 3 is 2.76 bits per heavy atom. The Hall–Kier alpha value is -0.870.